The summed E-state index contributed by atoms with van der Waals surface area (Å²) in [6.45, 7) is 3.57. The van der Waals surface area contributed by atoms with Crippen molar-refractivity contribution in [3.8, 4) is 5.75 Å². The summed E-state index contributed by atoms with van der Waals surface area (Å²) in [5.41, 5.74) is 7.21. The van der Waals surface area contributed by atoms with Crippen molar-refractivity contribution in [3.63, 3.8) is 0 Å². The number of benzene rings is 1. The van der Waals surface area contributed by atoms with E-state index in [9.17, 15) is 0 Å². The van der Waals surface area contributed by atoms with Gasteiger partial charge in [0.05, 0.1) is 12.2 Å². The van der Waals surface area contributed by atoms with Crippen molar-refractivity contribution < 1.29 is 9.47 Å². The lowest BCUT2D eigenvalue weighted by Gasteiger charge is -2.39. The third kappa shape index (κ3) is 3.24. The van der Waals surface area contributed by atoms with Crippen LogP contribution in [0.1, 0.15) is 44.6 Å². The molecule has 21 heavy (non-hydrogen) atoms. The number of hydrogen-bond donors (Lipinski definition) is 1. The minimum absolute atomic E-state index is 0.107. The molecule has 0 radical (unpaired) electrons. The van der Waals surface area contributed by atoms with Crippen molar-refractivity contribution in [2.45, 2.75) is 57.2 Å². The summed E-state index contributed by atoms with van der Waals surface area (Å²) in [4.78, 5) is 0. The highest BCUT2D eigenvalue weighted by atomic mass is 16.5. The Hall–Kier alpha value is -1.06. The van der Waals surface area contributed by atoms with Crippen molar-refractivity contribution in [2.75, 3.05) is 13.2 Å². The minimum Gasteiger partial charge on any atom is -0.487 e. The first-order chi connectivity index (χ1) is 10.2. The molecule has 0 amide bonds. The highest BCUT2D eigenvalue weighted by Crippen LogP contribution is 2.36. The molecule has 2 N–H and O–H groups in total. The predicted octanol–water partition coefficient (Wildman–Crippen LogP) is 3.30. The van der Waals surface area contributed by atoms with Crippen LogP contribution in [0.25, 0.3) is 0 Å². The zero-order chi connectivity index (χ0) is 14.7. The molecule has 1 aromatic rings. The van der Waals surface area contributed by atoms with Crippen LogP contribution >= 0.6 is 0 Å². The van der Waals surface area contributed by atoms with Crippen molar-refractivity contribution in [2.24, 2.45) is 11.7 Å². The Morgan fingerprint density at radius 3 is 2.71 bits per heavy atom. The second-order valence-electron chi connectivity index (χ2n) is 6.60. The van der Waals surface area contributed by atoms with Crippen LogP contribution in [-0.2, 0) is 11.2 Å². The standard InChI is InChI=1S/C18H27NO2/c1-2-14-7-9-18(13-19,10-8-14)20-12-16-11-15-5-3-4-6-17(15)21-16/h3-6,14,16H,2,7-13,19H2,1H3. The van der Waals surface area contributed by atoms with Crippen LogP contribution in [0.3, 0.4) is 0 Å². The van der Waals surface area contributed by atoms with E-state index in [-0.39, 0.29) is 11.7 Å². The molecule has 1 heterocycles. The van der Waals surface area contributed by atoms with Gasteiger partial charge in [-0.25, -0.2) is 0 Å². The predicted molar refractivity (Wildman–Crippen MR) is 84.5 cm³/mol. The van der Waals surface area contributed by atoms with E-state index in [4.69, 9.17) is 15.2 Å². The van der Waals surface area contributed by atoms with Gasteiger partial charge in [0.1, 0.15) is 11.9 Å². The van der Waals surface area contributed by atoms with Crippen molar-refractivity contribution in [3.05, 3.63) is 29.8 Å². The van der Waals surface area contributed by atoms with Crippen LogP contribution < -0.4 is 10.5 Å². The largest absolute Gasteiger partial charge is 0.487 e. The first kappa shape index (κ1) is 14.9. The van der Waals surface area contributed by atoms with Crippen molar-refractivity contribution in [1.82, 2.24) is 0 Å². The van der Waals surface area contributed by atoms with Crippen LogP contribution in [0.15, 0.2) is 24.3 Å². The smallest absolute Gasteiger partial charge is 0.126 e. The van der Waals surface area contributed by atoms with Gasteiger partial charge in [-0.2, -0.15) is 0 Å². The monoisotopic (exact) mass is 289 g/mol. The van der Waals surface area contributed by atoms with E-state index in [0.29, 0.717) is 13.2 Å². The number of fused-ring (bicyclic) bond motifs is 1. The molecule has 3 rings (SSSR count). The van der Waals surface area contributed by atoms with Gasteiger partial charge in [-0.15, -0.1) is 0 Å². The molecule has 1 saturated carbocycles. The fraction of sp³-hybridized carbons (Fsp3) is 0.667. The van der Waals surface area contributed by atoms with E-state index in [1.54, 1.807) is 0 Å². The molecule has 116 valence electrons. The summed E-state index contributed by atoms with van der Waals surface area (Å²) in [5, 5.41) is 0. The van der Waals surface area contributed by atoms with Gasteiger partial charge in [-0.1, -0.05) is 31.5 Å². The molecule has 0 bridgehead atoms. The Kier molecular flexibility index (Phi) is 4.51. The number of hydrogen-bond acceptors (Lipinski definition) is 3. The van der Waals surface area contributed by atoms with Gasteiger partial charge in [-0.05, 0) is 43.2 Å². The average Bonchev–Trinajstić information content (AvgIpc) is 2.96. The molecule has 1 aromatic carbocycles. The highest BCUT2D eigenvalue weighted by Gasteiger charge is 2.36. The average molecular weight is 289 g/mol. The number of rotatable bonds is 5. The van der Waals surface area contributed by atoms with Crippen molar-refractivity contribution >= 4 is 0 Å². The molecular formula is C18H27NO2. The molecule has 1 aliphatic carbocycles. The van der Waals surface area contributed by atoms with Crippen LogP contribution in [0.5, 0.6) is 5.75 Å². The quantitative estimate of drug-likeness (QED) is 0.904. The van der Waals surface area contributed by atoms with Gasteiger partial charge in [0.25, 0.3) is 0 Å². The summed E-state index contributed by atoms with van der Waals surface area (Å²) < 4.78 is 12.2. The third-order valence-corrected chi connectivity index (χ3v) is 5.26. The molecule has 1 unspecified atom stereocenters. The zero-order valence-electron chi connectivity index (χ0n) is 13.0. The van der Waals surface area contributed by atoms with Gasteiger partial charge in [0.15, 0.2) is 0 Å². The van der Waals surface area contributed by atoms with Crippen molar-refractivity contribution in [1.29, 1.82) is 0 Å². The second-order valence-corrected chi connectivity index (χ2v) is 6.60. The van der Waals surface area contributed by atoms with Gasteiger partial charge in [0.2, 0.25) is 0 Å². The maximum Gasteiger partial charge on any atom is 0.126 e. The first-order valence-corrected chi connectivity index (χ1v) is 8.33. The molecule has 3 nitrogen and oxygen atoms in total. The zero-order valence-corrected chi connectivity index (χ0v) is 13.0. The Bertz CT molecular complexity index is 441. The first-order valence-electron chi connectivity index (χ1n) is 8.33. The highest BCUT2D eigenvalue weighted by molar-refractivity contribution is 5.37. The van der Waals surface area contributed by atoms with E-state index >= 15 is 0 Å². The Morgan fingerprint density at radius 1 is 1.29 bits per heavy atom. The van der Waals surface area contributed by atoms with E-state index in [0.717, 1.165) is 30.9 Å². The maximum atomic E-state index is 6.28. The molecule has 0 saturated heterocycles. The lowest BCUT2D eigenvalue weighted by molar-refractivity contribution is -0.0921. The Morgan fingerprint density at radius 2 is 2.05 bits per heavy atom. The number of para-hydroxylation sites is 1. The molecule has 1 aliphatic heterocycles. The molecule has 0 aromatic heterocycles. The summed E-state index contributed by atoms with van der Waals surface area (Å²) in [6.07, 6.45) is 7.08. The SMILES string of the molecule is CCC1CCC(CN)(OCC2Cc3ccccc3O2)CC1. The van der Waals surface area contributed by atoms with Gasteiger partial charge >= 0.3 is 0 Å². The van der Waals surface area contributed by atoms with E-state index < -0.39 is 0 Å². The molecule has 1 fully saturated rings. The lowest BCUT2D eigenvalue weighted by Crippen LogP contribution is -2.45. The summed E-state index contributed by atoms with van der Waals surface area (Å²) in [6, 6.07) is 8.27. The molecule has 1 atom stereocenters. The summed E-state index contributed by atoms with van der Waals surface area (Å²) >= 11 is 0. The summed E-state index contributed by atoms with van der Waals surface area (Å²) in [7, 11) is 0. The number of ether oxygens (including phenoxy) is 2. The fourth-order valence-electron chi connectivity index (χ4n) is 3.64. The van der Waals surface area contributed by atoms with E-state index in [1.165, 1.54) is 24.8 Å². The van der Waals surface area contributed by atoms with E-state index in [1.807, 2.05) is 12.1 Å². The Balaban J connectivity index is 1.53. The van der Waals surface area contributed by atoms with Crippen LogP contribution in [0.4, 0.5) is 0 Å². The molecule has 0 spiro atoms. The van der Waals surface area contributed by atoms with Crippen LogP contribution in [-0.4, -0.2) is 24.9 Å². The molecular weight excluding hydrogens is 262 g/mol. The normalized spacial score (nSPS) is 31.7. The summed E-state index contributed by atoms with van der Waals surface area (Å²) in [5.74, 6) is 1.88. The van der Waals surface area contributed by atoms with Gasteiger partial charge in [-0.3, -0.25) is 0 Å². The topological polar surface area (TPSA) is 44.5 Å². The number of nitrogens with two attached hydrogens (primary N) is 1. The lowest BCUT2D eigenvalue weighted by atomic mass is 9.77. The van der Waals surface area contributed by atoms with Crippen LogP contribution in [0.2, 0.25) is 0 Å². The van der Waals surface area contributed by atoms with Gasteiger partial charge < -0.3 is 15.2 Å². The minimum atomic E-state index is -0.107. The Labute approximate surface area is 127 Å². The third-order valence-electron chi connectivity index (χ3n) is 5.26. The molecule has 2 aliphatic rings. The second kappa shape index (κ2) is 6.37. The van der Waals surface area contributed by atoms with Crippen LogP contribution in [0, 0.1) is 5.92 Å². The van der Waals surface area contributed by atoms with E-state index in [2.05, 4.69) is 19.1 Å². The molecule has 3 heteroatoms. The van der Waals surface area contributed by atoms with Gasteiger partial charge in [0, 0.05) is 13.0 Å². The fourth-order valence-corrected chi connectivity index (χ4v) is 3.64. The maximum absolute atomic E-state index is 6.28.